The van der Waals surface area contributed by atoms with Gasteiger partial charge in [-0.05, 0) is 13.3 Å². The van der Waals surface area contributed by atoms with E-state index in [1.54, 1.807) is 0 Å². The molecule has 0 aromatic heterocycles. The van der Waals surface area contributed by atoms with Crippen LogP contribution in [0.15, 0.2) is 0 Å². The molecule has 0 aliphatic carbocycles. The highest BCUT2D eigenvalue weighted by atomic mass is 16.6. The van der Waals surface area contributed by atoms with Gasteiger partial charge in [-0.2, -0.15) is 0 Å². The fourth-order valence-corrected chi connectivity index (χ4v) is 1.07. The Kier molecular flexibility index (Phi) is 7.23. The molecule has 3 nitrogen and oxygen atoms in total. The molecule has 0 aliphatic heterocycles. The Bertz CT molecular complexity index is 107. The summed E-state index contributed by atoms with van der Waals surface area (Å²) < 4.78 is 5.08. The van der Waals surface area contributed by atoms with Gasteiger partial charge in [-0.3, -0.25) is 0 Å². The highest BCUT2D eigenvalue weighted by Gasteiger charge is 2.13. The first-order chi connectivity index (χ1) is 6.06. The lowest BCUT2D eigenvalue weighted by Crippen LogP contribution is -2.29. The molecule has 0 unspecified atom stereocenters. The number of hydrogen-bond donors (Lipinski definition) is 2. The van der Waals surface area contributed by atoms with E-state index in [2.05, 4.69) is 6.92 Å². The molecule has 80 valence electrons. The predicted octanol–water partition coefficient (Wildman–Crippen LogP) is 1.67. The standard InChI is InChI=1S/C10H22O3/c1-3-4-5-6-7-8-13-9-10(2,11)12/h11-12H,3-9H2,1-2H3. The topological polar surface area (TPSA) is 49.7 Å². The van der Waals surface area contributed by atoms with Crippen LogP contribution in [0.4, 0.5) is 0 Å². The van der Waals surface area contributed by atoms with Gasteiger partial charge in [0.25, 0.3) is 0 Å². The van der Waals surface area contributed by atoms with Crippen LogP contribution in [0, 0.1) is 0 Å². The summed E-state index contributed by atoms with van der Waals surface area (Å²) in [5, 5.41) is 17.8. The lowest BCUT2D eigenvalue weighted by molar-refractivity contribution is -0.183. The van der Waals surface area contributed by atoms with E-state index in [1.807, 2.05) is 0 Å². The van der Waals surface area contributed by atoms with E-state index in [-0.39, 0.29) is 6.61 Å². The third kappa shape index (κ3) is 11.9. The van der Waals surface area contributed by atoms with Gasteiger partial charge in [-0.15, -0.1) is 0 Å². The molecule has 0 amide bonds. The maximum absolute atomic E-state index is 8.89. The van der Waals surface area contributed by atoms with Gasteiger partial charge in [0.1, 0.15) is 0 Å². The second kappa shape index (κ2) is 7.30. The first kappa shape index (κ1) is 12.9. The summed E-state index contributed by atoms with van der Waals surface area (Å²) in [6, 6.07) is 0. The molecule has 0 spiro atoms. The van der Waals surface area contributed by atoms with Gasteiger partial charge in [-0.25, -0.2) is 0 Å². The van der Waals surface area contributed by atoms with Crippen LogP contribution in [0.1, 0.15) is 46.0 Å². The summed E-state index contributed by atoms with van der Waals surface area (Å²) in [5.74, 6) is -1.68. The molecular formula is C10H22O3. The van der Waals surface area contributed by atoms with Gasteiger partial charge in [-0.1, -0.05) is 32.6 Å². The molecule has 3 heteroatoms. The first-order valence-electron chi connectivity index (χ1n) is 5.09. The quantitative estimate of drug-likeness (QED) is 0.452. The van der Waals surface area contributed by atoms with Crippen molar-refractivity contribution in [2.45, 2.75) is 51.7 Å². The number of rotatable bonds is 8. The minimum atomic E-state index is -1.68. The Hall–Kier alpha value is -0.120. The zero-order valence-electron chi connectivity index (χ0n) is 8.75. The van der Waals surface area contributed by atoms with E-state index < -0.39 is 5.79 Å². The molecule has 0 rings (SSSR count). The van der Waals surface area contributed by atoms with Crippen molar-refractivity contribution in [1.29, 1.82) is 0 Å². The molecule has 0 saturated heterocycles. The normalized spacial score (nSPS) is 12.0. The number of ether oxygens (including phenoxy) is 1. The predicted molar refractivity (Wildman–Crippen MR) is 52.4 cm³/mol. The largest absolute Gasteiger partial charge is 0.376 e. The molecule has 0 radical (unpaired) electrons. The molecule has 0 aromatic rings. The maximum Gasteiger partial charge on any atom is 0.183 e. The Balaban J connectivity index is 3.00. The van der Waals surface area contributed by atoms with Gasteiger partial charge in [0.15, 0.2) is 5.79 Å². The van der Waals surface area contributed by atoms with Crippen LogP contribution in [0.5, 0.6) is 0 Å². The number of hydrogen-bond acceptors (Lipinski definition) is 3. The van der Waals surface area contributed by atoms with Crippen LogP contribution in [0.3, 0.4) is 0 Å². The fourth-order valence-electron chi connectivity index (χ4n) is 1.07. The molecule has 0 bridgehead atoms. The molecule has 0 saturated carbocycles. The van der Waals surface area contributed by atoms with Crippen molar-refractivity contribution in [3.05, 3.63) is 0 Å². The Morgan fingerprint density at radius 1 is 1.08 bits per heavy atom. The molecule has 13 heavy (non-hydrogen) atoms. The van der Waals surface area contributed by atoms with Gasteiger partial charge in [0, 0.05) is 6.61 Å². The van der Waals surface area contributed by atoms with Gasteiger partial charge in [0.2, 0.25) is 0 Å². The second-order valence-electron chi connectivity index (χ2n) is 3.68. The van der Waals surface area contributed by atoms with Crippen LogP contribution in [0.25, 0.3) is 0 Å². The fraction of sp³-hybridized carbons (Fsp3) is 1.00. The van der Waals surface area contributed by atoms with Crippen LogP contribution in [0.2, 0.25) is 0 Å². The van der Waals surface area contributed by atoms with Crippen molar-refractivity contribution in [3.63, 3.8) is 0 Å². The van der Waals surface area contributed by atoms with E-state index in [0.717, 1.165) is 6.42 Å². The monoisotopic (exact) mass is 190 g/mol. The molecule has 2 N–H and O–H groups in total. The minimum Gasteiger partial charge on any atom is -0.376 e. The lowest BCUT2D eigenvalue weighted by Gasteiger charge is -2.15. The molecule has 0 heterocycles. The van der Waals surface area contributed by atoms with E-state index in [0.29, 0.717) is 6.61 Å². The average Bonchev–Trinajstić information content (AvgIpc) is 2.01. The first-order valence-corrected chi connectivity index (χ1v) is 5.09. The molecule has 0 aromatic carbocycles. The van der Waals surface area contributed by atoms with Crippen LogP contribution >= 0.6 is 0 Å². The van der Waals surface area contributed by atoms with E-state index in [1.165, 1.54) is 32.6 Å². The second-order valence-corrected chi connectivity index (χ2v) is 3.68. The van der Waals surface area contributed by atoms with Crippen molar-refractivity contribution in [2.75, 3.05) is 13.2 Å². The Morgan fingerprint density at radius 3 is 2.23 bits per heavy atom. The van der Waals surface area contributed by atoms with Crippen molar-refractivity contribution < 1.29 is 14.9 Å². The highest BCUT2D eigenvalue weighted by Crippen LogP contribution is 2.03. The van der Waals surface area contributed by atoms with E-state index in [4.69, 9.17) is 14.9 Å². The molecular weight excluding hydrogens is 168 g/mol. The molecule has 0 aliphatic rings. The zero-order chi connectivity index (χ0) is 10.2. The summed E-state index contributed by atoms with van der Waals surface area (Å²) >= 11 is 0. The van der Waals surface area contributed by atoms with Crippen molar-refractivity contribution in [2.24, 2.45) is 0 Å². The van der Waals surface area contributed by atoms with Gasteiger partial charge in [0.05, 0.1) is 6.61 Å². The third-order valence-electron chi connectivity index (χ3n) is 1.77. The third-order valence-corrected chi connectivity index (χ3v) is 1.77. The molecule has 0 fully saturated rings. The Morgan fingerprint density at radius 2 is 1.69 bits per heavy atom. The van der Waals surface area contributed by atoms with Gasteiger partial charge >= 0.3 is 0 Å². The lowest BCUT2D eigenvalue weighted by atomic mass is 10.2. The summed E-state index contributed by atoms with van der Waals surface area (Å²) in [7, 11) is 0. The van der Waals surface area contributed by atoms with Crippen LogP contribution in [-0.4, -0.2) is 29.2 Å². The van der Waals surface area contributed by atoms with Gasteiger partial charge < -0.3 is 14.9 Å². The summed E-state index contributed by atoms with van der Waals surface area (Å²) in [5.41, 5.74) is 0. The van der Waals surface area contributed by atoms with Crippen LogP contribution < -0.4 is 0 Å². The van der Waals surface area contributed by atoms with Crippen molar-refractivity contribution >= 4 is 0 Å². The smallest absolute Gasteiger partial charge is 0.183 e. The van der Waals surface area contributed by atoms with Crippen molar-refractivity contribution in [3.8, 4) is 0 Å². The van der Waals surface area contributed by atoms with Crippen LogP contribution in [-0.2, 0) is 4.74 Å². The van der Waals surface area contributed by atoms with Crippen molar-refractivity contribution in [1.82, 2.24) is 0 Å². The Labute approximate surface area is 80.7 Å². The minimum absolute atomic E-state index is 0.000772. The maximum atomic E-state index is 8.89. The van der Waals surface area contributed by atoms with E-state index >= 15 is 0 Å². The summed E-state index contributed by atoms with van der Waals surface area (Å²) in [6.45, 7) is 4.13. The molecule has 0 atom stereocenters. The highest BCUT2D eigenvalue weighted by molar-refractivity contribution is 4.52. The zero-order valence-corrected chi connectivity index (χ0v) is 8.75. The number of aliphatic hydroxyl groups is 2. The SMILES string of the molecule is CCCCCCCOCC(C)(O)O. The summed E-state index contributed by atoms with van der Waals surface area (Å²) in [4.78, 5) is 0. The average molecular weight is 190 g/mol. The van der Waals surface area contributed by atoms with E-state index in [9.17, 15) is 0 Å². The number of unbranched alkanes of at least 4 members (excludes halogenated alkanes) is 4. The summed E-state index contributed by atoms with van der Waals surface area (Å²) in [6.07, 6.45) is 5.94.